The van der Waals surface area contributed by atoms with Gasteiger partial charge in [-0.25, -0.2) is 4.98 Å². The molecule has 0 aliphatic carbocycles. The van der Waals surface area contributed by atoms with Crippen LogP contribution in [0.2, 0.25) is 0 Å². The van der Waals surface area contributed by atoms with E-state index < -0.39 is 0 Å². The van der Waals surface area contributed by atoms with Crippen molar-refractivity contribution >= 4 is 5.82 Å². The molecule has 3 nitrogen and oxygen atoms in total. The number of hydrogen-bond donors (Lipinski definition) is 0. The number of nitrogens with zero attached hydrogens (tertiary/aromatic N) is 2. The molecule has 1 aromatic rings. The van der Waals surface area contributed by atoms with E-state index in [4.69, 9.17) is 4.74 Å². The first-order chi connectivity index (χ1) is 7.75. The standard InChI is InChI=1S/C13H20N2O/c1-11-5-6-13(14-10-11)15(2)8-7-12-4-3-9-16-12/h5-6,10,12H,3-4,7-9H2,1-2H3. The Morgan fingerprint density at radius 3 is 3.00 bits per heavy atom. The Morgan fingerprint density at radius 2 is 2.38 bits per heavy atom. The van der Waals surface area contributed by atoms with Crippen LogP contribution in [0.4, 0.5) is 5.82 Å². The van der Waals surface area contributed by atoms with Crippen molar-refractivity contribution in [2.24, 2.45) is 0 Å². The van der Waals surface area contributed by atoms with E-state index >= 15 is 0 Å². The summed E-state index contributed by atoms with van der Waals surface area (Å²) in [5.41, 5.74) is 1.20. The van der Waals surface area contributed by atoms with Gasteiger partial charge in [-0.05, 0) is 37.8 Å². The molecule has 1 aliphatic heterocycles. The van der Waals surface area contributed by atoms with Crippen molar-refractivity contribution in [1.29, 1.82) is 0 Å². The molecular formula is C13H20N2O. The summed E-state index contributed by atoms with van der Waals surface area (Å²) in [6.45, 7) is 4.01. The highest BCUT2D eigenvalue weighted by Gasteiger charge is 2.15. The predicted octanol–water partition coefficient (Wildman–Crippen LogP) is 2.40. The molecule has 2 heterocycles. The van der Waals surface area contributed by atoms with E-state index in [1.54, 1.807) is 0 Å². The highest BCUT2D eigenvalue weighted by atomic mass is 16.5. The van der Waals surface area contributed by atoms with Gasteiger partial charge >= 0.3 is 0 Å². The van der Waals surface area contributed by atoms with Gasteiger partial charge in [0.1, 0.15) is 5.82 Å². The van der Waals surface area contributed by atoms with Crippen molar-refractivity contribution in [3.05, 3.63) is 23.9 Å². The van der Waals surface area contributed by atoms with Crippen molar-refractivity contribution in [3.63, 3.8) is 0 Å². The van der Waals surface area contributed by atoms with E-state index in [9.17, 15) is 0 Å². The summed E-state index contributed by atoms with van der Waals surface area (Å²) in [5.74, 6) is 1.04. The monoisotopic (exact) mass is 220 g/mol. The maximum atomic E-state index is 5.61. The molecule has 0 saturated carbocycles. The quantitative estimate of drug-likeness (QED) is 0.779. The van der Waals surface area contributed by atoms with Crippen LogP contribution in [0.5, 0.6) is 0 Å². The van der Waals surface area contributed by atoms with Gasteiger partial charge in [0, 0.05) is 26.4 Å². The number of pyridine rings is 1. The Labute approximate surface area is 97.4 Å². The number of hydrogen-bond acceptors (Lipinski definition) is 3. The fourth-order valence-electron chi connectivity index (χ4n) is 2.01. The minimum Gasteiger partial charge on any atom is -0.378 e. The van der Waals surface area contributed by atoms with E-state index in [0.29, 0.717) is 6.10 Å². The van der Waals surface area contributed by atoms with Crippen molar-refractivity contribution in [3.8, 4) is 0 Å². The van der Waals surface area contributed by atoms with Gasteiger partial charge in [-0.3, -0.25) is 0 Å². The summed E-state index contributed by atoms with van der Waals surface area (Å²) < 4.78 is 5.61. The minimum absolute atomic E-state index is 0.466. The molecular weight excluding hydrogens is 200 g/mol. The third-order valence-electron chi connectivity index (χ3n) is 3.10. The zero-order chi connectivity index (χ0) is 11.4. The van der Waals surface area contributed by atoms with Crippen molar-refractivity contribution in [1.82, 2.24) is 4.98 Å². The van der Waals surface area contributed by atoms with Gasteiger partial charge in [0.2, 0.25) is 0 Å². The molecule has 1 aromatic heterocycles. The van der Waals surface area contributed by atoms with Gasteiger partial charge in [0.25, 0.3) is 0 Å². The molecule has 88 valence electrons. The first kappa shape index (κ1) is 11.4. The van der Waals surface area contributed by atoms with E-state index in [1.165, 1.54) is 18.4 Å². The van der Waals surface area contributed by atoms with Crippen molar-refractivity contribution < 1.29 is 4.74 Å². The largest absolute Gasteiger partial charge is 0.378 e. The third kappa shape index (κ3) is 2.95. The summed E-state index contributed by atoms with van der Waals surface area (Å²) in [6, 6.07) is 4.18. The molecule has 2 rings (SSSR count). The number of ether oxygens (including phenoxy) is 1. The average Bonchev–Trinajstić information content (AvgIpc) is 2.80. The lowest BCUT2D eigenvalue weighted by Crippen LogP contribution is -2.23. The second-order valence-electron chi connectivity index (χ2n) is 4.54. The van der Waals surface area contributed by atoms with Crippen LogP contribution in [0, 0.1) is 6.92 Å². The zero-order valence-electron chi connectivity index (χ0n) is 10.1. The van der Waals surface area contributed by atoms with Crippen LogP contribution < -0.4 is 4.90 Å². The maximum absolute atomic E-state index is 5.61. The van der Waals surface area contributed by atoms with Crippen LogP contribution in [0.25, 0.3) is 0 Å². The van der Waals surface area contributed by atoms with Crippen LogP contribution >= 0.6 is 0 Å². The number of anilines is 1. The molecule has 0 spiro atoms. The highest BCUT2D eigenvalue weighted by Crippen LogP contribution is 2.17. The van der Waals surface area contributed by atoms with Gasteiger partial charge in [0.15, 0.2) is 0 Å². The fraction of sp³-hybridized carbons (Fsp3) is 0.615. The highest BCUT2D eigenvalue weighted by molar-refractivity contribution is 5.37. The van der Waals surface area contributed by atoms with E-state index in [1.807, 2.05) is 6.20 Å². The lowest BCUT2D eigenvalue weighted by atomic mass is 10.2. The normalized spacial score (nSPS) is 20.0. The molecule has 0 N–H and O–H groups in total. The van der Waals surface area contributed by atoms with E-state index in [2.05, 4.69) is 36.0 Å². The van der Waals surface area contributed by atoms with Crippen LogP contribution in [-0.4, -0.2) is 31.3 Å². The Morgan fingerprint density at radius 1 is 1.50 bits per heavy atom. The Kier molecular flexibility index (Phi) is 3.78. The number of aromatic nitrogens is 1. The first-order valence-corrected chi connectivity index (χ1v) is 6.01. The van der Waals surface area contributed by atoms with Crippen molar-refractivity contribution in [2.45, 2.75) is 32.3 Å². The second kappa shape index (κ2) is 5.30. The molecule has 1 aliphatic rings. The molecule has 0 bridgehead atoms. The van der Waals surface area contributed by atoms with E-state index in [-0.39, 0.29) is 0 Å². The van der Waals surface area contributed by atoms with Crippen LogP contribution in [0.3, 0.4) is 0 Å². The topological polar surface area (TPSA) is 25.4 Å². The Balaban J connectivity index is 1.82. The number of aryl methyl sites for hydroxylation is 1. The summed E-state index contributed by atoms with van der Waals surface area (Å²) >= 11 is 0. The van der Waals surface area contributed by atoms with Gasteiger partial charge in [0.05, 0.1) is 6.10 Å². The number of rotatable bonds is 4. The molecule has 3 heteroatoms. The van der Waals surface area contributed by atoms with Gasteiger partial charge in [-0.2, -0.15) is 0 Å². The summed E-state index contributed by atoms with van der Waals surface area (Å²) in [4.78, 5) is 6.60. The van der Waals surface area contributed by atoms with Crippen molar-refractivity contribution in [2.75, 3.05) is 25.1 Å². The van der Waals surface area contributed by atoms with Gasteiger partial charge in [-0.15, -0.1) is 0 Å². The summed E-state index contributed by atoms with van der Waals surface area (Å²) in [5, 5.41) is 0. The van der Waals surface area contributed by atoms with E-state index in [0.717, 1.165) is 25.4 Å². The Hall–Kier alpha value is -1.09. The SMILES string of the molecule is Cc1ccc(N(C)CCC2CCCO2)nc1. The molecule has 1 saturated heterocycles. The summed E-state index contributed by atoms with van der Waals surface area (Å²) in [7, 11) is 2.09. The van der Waals surface area contributed by atoms with Crippen LogP contribution in [0.1, 0.15) is 24.8 Å². The van der Waals surface area contributed by atoms with Crippen LogP contribution in [0.15, 0.2) is 18.3 Å². The molecule has 1 unspecified atom stereocenters. The zero-order valence-corrected chi connectivity index (χ0v) is 10.1. The fourth-order valence-corrected chi connectivity index (χ4v) is 2.01. The second-order valence-corrected chi connectivity index (χ2v) is 4.54. The minimum atomic E-state index is 0.466. The third-order valence-corrected chi connectivity index (χ3v) is 3.10. The average molecular weight is 220 g/mol. The molecule has 1 atom stereocenters. The van der Waals surface area contributed by atoms with Gasteiger partial charge < -0.3 is 9.64 Å². The first-order valence-electron chi connectivity index (χ1n) is 6.01. The molecule has 0 amide bonds. The summed E-state index contributed by atoms with van der Waals surface area (Å²) in [6.07, 6.45) is 5.92. The maximum Gasteiger partial charge on any atom is 0.128 e. The predicted molar refractivity (Wildman–Crippen MR) is 65.8 cm³/mol. The van der Waals surface area contributed by atoms with Crippen LogP contribution in [-0.2, 0) is 4.74 Å². The molecule has 1 fully saturated rings. The Bertz CT molecular complexity index is 317. The lowest BCUT2D eigenvalue weighted by molar-refractivity contribution is 0.106. The lowest BCUT2D eigenvalue weighted by Gasteiger charge is -2.20. The molecule has 0 radical (unpaired) electrons. The molecule has 16 heavy (non-hydrogen) atoms. The van der Waals surface area contributed by atoms with Gasteiger partial charge in [-0.1, -0.05) is 6.07 Å². The molecule has 0 aromatic carbocycles. The smallest absolute Gasteiger partial charge is 0.128 e.